The van der Waals surface area contributed by atoms with Crippen molar-refractivity contribution < 1.29 is 14.3 Å². The number of rotatable bonds is 10. The largest absolute Gasteiger partial charge is 0.484 e. The second-order valence-corrected chi connectivity index (χ2v) is 9.68. The highest BCUT2D eigenvalue weighted by molar-refractivity contribution is 5.97. The quantitative estimate of drug-likeness (QED) is 0.334. The van der Waals surface area contributed by atoms with Crippen LogP contribution in [-0.2, 0) is 4.79 Å². The van der Waals surface area contributed by atoms with Gasteiger partial charge < -0.3 is 19.5 Å². The van der Waals surface area contributed by atoms with E-state index in [0.717, 1.165) is 48.2 Å². The number of imidazole rings is 1. The molecule has 1 fully saturated rings. The molecule has 0 unspecified atom stereocenters. The Bertz CT molecular complexity index is 1160. The number of ether oxygens (including phenoxy) is 1. The normalized spacial score (nSPS) is 14.4. The molecular formula is C28H36N4O3. The monoisotopic (exact) mass is 476 g/mol. The van der Waals surface area contributed by atoms with Crippen LogP contribution in [0, 0.1) is 0 Å². The molecule has 0 bridgehead atoms. The summed E-state index contributed by atoms with van der Waals surface area (Å²) in [7, 11) is 4.03. The lowest BCUT2D eigenvalue weighted by Gasteiger charge is -2.25. The van der Waals surface area contributed by atoms with E-state index in [-0.39, 0.29) is 18.3 Å². The van der Waals surface area contributed by atoms with E-state index >= 15 is 0 Å². The number of Topliss-reactive ketones (excluding diaryl/α,β-unsaturated/α-hetero) is 1. The minimum Gasteiger partial charge on any atom is -0.484 e. The Morgan fingerprint density at radius 3 is 2.51 bits per heavy atom. The van der Waals surface area contributed by atoms with Crippen LogP contribution in [-0.4, -0.2) is 59.9 Å². The van der Waals surface area contributed by atoms with Gasteiger partial charge in [0.2, 0.25) is 0 Å². The zero-order chi connectivity index (χ0) is 24.8. The van der Waals surface area contributed by atoms with Gasteiger partial charge >= 0.3 is 0 Å². The summed E-state index contributed by atoms with van der Waals surface area (Å²) < 4.78 is 8.05. The van der Waals surface area contributed by atoms with Gasteiger partial charge in [0.25, 0.3) is 5.91 Å². The summed E-state index contributed by atoms with van der Waals surface area (Å²) in [5.74, 6) is 1.49. The van der Waals surface area contributed by atoms with Gasteiger partial charge in [-0.15, -0.1) is 0 Å². The van der Waals surface area contributed by atoms with Crippen molar-refractivity contribution in [3.05, 3.63) is 48.0 Å². The molecule has 1 aliphatic carbocycles. The molecule has 0 spiro atoms. The Morgan fingerprint density at radius 1 is 1.09 bits per heavy atom. The van der Waals surface area contributed by atoms with Crippen LogP contribution in [0.15, 0.2) is 42.5 Å². The number of carbonyl (C=O) groups excluding carboxylic acids is 2. The molecule has 0 atom stereocenters. The number of ketones is 1. The Balaban J connectivity index is 1.50. The van der Waals surface area contributed by atoms with E-state index in [1.807, 2.05) is 56.6 Å². The Labute approximate surface area is 207 Å². The van der Waals surface area contributed by atoms with E-state index in [1.54, 1.807) is 6.92 Å². The van der Waals surface area contributed by atoms with Gasteiger partial charge in [-0.2, -0.15) is 0 Å². The molecule has 0 aliphatic heterocycles. The van der Waals surface area contributed by atoms with Crippen LogP contribution in [0.4, 0.5) is 0 Å². The first kappa shape index (κ1) is 24.9. The summed E-state index contributed by atoms with van der Waals surface area (Å²) in [5.41, 5.74) is 3.60. The summed E-state index contributed by atoms with van der Waals surface area (Å²) in [4.78, 5) is 31.0. The molecule has 186 valence electrons. The lowest BCUT2D eigenvalue weighted by atomic mass is 9.94. The molecule has 3 aromatic rings. The van der Waals surface area contributed by atoms with Crippen molar-refractivity contribution in [1.82, 2.24) is 19.8 Å². The maximum atomic E-state index is 12.1. The third-order valence-electron chi connectivity index (χ3n) is 6.62. The molecule has 1 aliphatic rings. The van der Waals surface area contributed by atoms with E-state index in [0.29, 0.717) is 23.9 Å². The number of hydrogen-bond acceptors (Lipinski definition) is 5. The van der Waals surface area contributed by atoms with Crippen LogP contribution < -0.4 is 10.1 Å². The predicted molar refractivity (Wildman–Crippen MR) is 139 cm³/mol. The van der Waals surface area contributed by atoms with Gasteiger partial charge in [0, 0.05) is 23.7 Å². The van der Waals surface area contributed by atoms with E-state index in [1.165, 1.54) is 19.3 Å². The number of benzene rings is 2. The molecule has 1 amide bonds. The number of aromatic nitrogens is 2. The highest BCUT2D eigenvalue weighted by atomic mass is 16.5. The van der Waals surface area contributed by atoms with Gasteiger partial charge in [-0.3, -0.25) is 9.59 Å². The fourth-order valence-corrected chi connectivity index (χ4v) is 4.75. The van der Waals surface area contributed by atoms with E-state index in [9.17, 15) is 9.59 Å². The van der Waals surface area contributed by atoms with Crippen molar-refractivity contribution >= 4 is 22.7 Å². The molecule has 35 heavy (non-hydrogen) atoms. The molecule has 0 radical (unpaired) electrons. The average Bonchev–Trinajstić information content (AvgIpc) is 3.25. The SMILES string of the molecule is CC(=O)c1ccc2c(c1)nc(-c1ccc(OCC(=O)NCCCN(C)C)cc1)n2C1CCCCC1. The fourth-order valence-electron chi connectivity index (χ4n) is 4.75. The van der Waals surface area contributed by atoms with Crippen LogP contribution in [0.5, 0.6) is 5.75 Å². The van der Waals surface area contributed by atoms with Gasteiger partial charge in [-0.25, -0.2) is 4.98 Å². The molecule has 7 nitrogen and oxygen atoms in total. The summed E-state index contributed by atoms with van der Waals surface area (Å²) in [6, 6.07) is 14.0. The van der Waals surface area contributed by atoms with E-state index < -0.39 is 0 Å². The Hall–Kier alpha value is -3.19. The van der Waals surface area contributed by atoms with Gasteiger partial charge in [-0.05, 0) is 89.3 Å². The van der Waals surface area contributed by atoms with Gasteiger partial charge in [0.1, 0.15) is 11.6 Å². The van der Waals surface area contributed by atoms with Crippen LogP contribution in [0.3, 0.4) is 0 Å². The second-order valence-electron chi connectivity index (χ2n) is 9.68. The topological polar surface area (TPSA) is 76.5 Å². The smallest absolute Gasteiger partial charge is 0.257 e. The van der Waals surface area contributed by atoms with Crippen LogP contribution in [0.2, 0.25) is 0 Å². The third-order valence-corrected chi connectivity index (χ3v) is 6.62. The van der Waals surface area contributed by atoms with Crippen LogP contribution in [0.1, 0.15) is 61.8 Å². The molecule has 4 rings (SSSR count). The second kappa shape index (κ2) is 11.5. The standard InChI is InChI=1S/C28H36N4O3/c1-20(33)22-12-15-26-25(18-22)30-28(32(26)23-8-5-4-6-9-23)21-10-13-24(14-11-21)35-19-27(34)29-16-7-17-31(2)3/h10-15,18,23H,4-9,16-17,19H2,1-3H3,(H,29,34). The van der Waals surface area contributed by atoms with Crippen molar-refractivity contribution in [1.29, 1.82) is 0 Å². The maximum absolute atomic E-state index is 12.1. The minimum atomic E-state index is -0.117. The Kier molecular flexibility index (Phi) is 8.18. The van der Waals surface area contributed by atoms with Crippen molar-refractivity contribution in [2.45, 2.75) is 51.5 Å². The van der Waals surface area contributed by atoms with Crippen molar-refractivity contribution in [3.63, 3.8) is 0 Å². The van der Waals surface area contributed by atoms with Crippen molar-refractivity contribution in [2.24, 2.45) is 0 Å². The molecule has 1 aromatic heterocycles. The lowest BCUT2D eigenvalue weighted by Crippen LogP contribution is -2.31. The van der Waals surface area contributed by atoms with Gasteiger partial charge in [0.05, 0.1) is 11.0 Å². The molecule has 0 saturated heterocycles. The van der Waals surface area contributed by atoms with Crippen LogP contribution in [0.25, 0.3) is 22.4 Å². The molecule has 1 saturated carbocycles. The lowest BCUT2D eigenvalue weighted by molar-refractivity contribution is -0.123. The number of amides is 1. The number of hydrogen-bond donors (Lipinski definition) is 1. The minimum absolute atomic E-state index is 0.00425. The molecular weight excluding hydrogens is 440 g/mol. The number of nitrogens with one attached hydrogen (secondary N) is 1. The molecule has 2 aromatic carbocycles. The fraction of sp³-hybridized carbons (Fsp3) is 0.464. The highest BCUT2D eigenvalue weighted by Crippen LogP contribution is 2.36. The predicted octanol–water partition coefficient (Wildman–Crippen LogP) is 4.86. The first-order valence-corrected chi connectivity index (χ1v) is 12.6. The summed E-state index contributed by atoms with van der Waals surface area (Å²) >= 11 is 0. The number of nitrogens with zero attached hydrogens (tertiary/aromatic N) is 3. The van der Waals surface area contributed by atoms with Gasteiger partial charge in [-0.1, -0.05) is 19.3 Å². The zero-order valence-corrected chi connectivity index (χ0v) is 21.0. The van der Waals surface area contributed by atoms with Gasteiger partial charge in [0.15, 0.2) is 12.4 Å². The molecule has 7 heteroatoms. The summed E-state index contributed by atoms with van der Waals surface area (Å²) in [6.45, 7) is 3.16. The van der Waals surface area contributed by atoms with E-state index in [4.69, 9.17) is 9.72 Å². The summed E-state index contributed by atoms with van der Waals surface area (Å²) in [5, 5.41) is 2.89. The zero-order valence-electron chi connectivity index (χ0n) is 21.0. The third kappa shape index (κ3) is 6.28. The number of carbonyl (C=O) groups is 2. The molecule has 1 N–H and O–H groups in total. The summed E-state index contributed by atoms with van der Waals surface area (Å²) in [6.07, 6.45) is 6.90. The first-order valence-electron chi connectivity index (χ1n) is 12.6. The molecule has 1 heterocycles. The van der Waals surface area contributed by atoms with Crippen LogP contribution >= 0.6 is 0 Å². The maximum Gasteiger partial charge on any atom is 0.257 e. The highest BCUT2D eigenvalue weighted by Gasteiger charge is 2.22. The Morgan fingerprint density at radius 2 is 1.83 bits per heavy atom. The average molecular weight is 477 g/mol. The number of fused-ring (bicyclic) bond motifs is 1. The first-order chi connectivity index (χ1) is 16.9. The van der Waals surface area contributed by atoms with Crippen molar-refractivity contribution in [3.8, 4) is 17.1 Å². The van der Waals surface area contributed by atoms with E-state index in [2.05, 4.69) is 14.8 Å². The van der Waals surface area contributed by atoms with Crippen molar-refractivity contribution in [2.75, 3.05) is 33.8 Å².